The van der Waals surface area contributed by atoms with Crippen molar-refractivity contribution in [2.24, 2.45) is 5.73 Å². The van der Waals surface area contributed by atoms with Gasteiger partial charge in [0.2, 0.25) is 23.6 Å². The number of rotatable bonds is 19. The first-order valence-corrected chi connectivity index (χ1v) is 23.3. The van der Waals surface area contributed by atoms with E-state index in [1.807, 2.05) is 135 Å². The quantitative estimate of drug-likeness (QED) is 0.0509. The van der Waals surface area contributed by atoms with Gasteiger partial charge in [-0.15, -0.1) is 11.3 Å². The molecule has 1 saturated heterocycles. The van der Waals surface area contributed by atoms with Crippen molar-refractivity contribution in [2.45, 2.75) is 88.5 Å². The smallest absolute Gasteiger partial charge is 0.271 e. The number of thiazole rings is 1. The highest BCUT2D eigenvalue weighted by Gasteiger charge is 2.34. The third kappa shape index (κ3) is 10.9. The van der Waals surface area contributed by atoms with Crippen LogP contribution in [-0.4, -0.2) is 75.2 Å². The summed E-state index contributed by atoms with van der Waals surface area (Å²) in [6.45, 7) is 4.62. The van der Waals surface area contributed by atoms with Crippen LogP contribution in [-0.2, 0) is 44.9 Å². The van der Waals surface area contributed by atoms with Gasteiger partial charge < -0.3 is 42.3 Å². The van der Waals surface area contributed by atoms with Crippen LogP contribution in [0.1, 0.15) is 81.3 Å². The molecule has 9 N–H and O–H groups in total. The number of fused-ring (bicyclic) bond motifs is 2. The minimum Gasteiger partial charge on any atom is -0.368 e. The molecule has 3 aromatic heterocycles. The second-order valence-corrected chi connectivity index (χ2v) is 18.2. The monoisotopic (exact) mass is 905 g/mol. The van der Waals surface area contributed by atoms with Gasteiger partial charge in [-0.2, -0.15) is 0 Å². The Kier molecular flexibility index (Phi) is 14.3. The number of nitrogens with one attached hydrogen (secondary N) is 7. The van der Waals surface area contributed by atoms with Crippen LogP contribution < -0.4 is 32.3 Å². The van der Waals surface area contributed by atoms with E-state index in [0.29, 0.717) is 29.3 Å². The number of carbonyl (C=O) groups is 5. The van der Waals surface area contributed by atoms with Crippen LogP contribution in [0.5, 0.6) is 0 Å². The summed E-state index contributed by atoms with van der Waals surface area (Å²) in [6, 6.07) is 30.1. The molecule has 1 aliphatic rings. The number of aromatic amines is 2. The Bertz CT molecular complexity index is 2810. The molecule has 5 atom stereocenters. The molecule has 15 heteroatoms. The van der Waals surface area contributed by atoms with Gasteiger partial charge >= 0.3 is 0 Å². The van der Waals surface area contributed by atoms with Gasteiger partial charge in [-0.1, -0.05) is 111 Å². The summed E-state index contributed by atoms with van der Waals surface area (Å²) in [5.74, 6) is -2.63. The molecule has 7 aromatic rings. The zero-order valence-electron chi connectivity index (χ0n) is 36.9. The highest BCUT2D eigenvalue weighted by Crippen LogP contribution is 2.33. The Hall–Kier alpha value is -7.10. The van der Waals surface area contributed by atoms with E-state index in [1.165, 1.54) is 11.3 Å². The molecule has 1 fully saturated rings. The fourth-order valence-electron chi connectivity index (χ4n) is 8.59. The first-order valence-electron chi connectivity index (χ1n) is 22.4. The lowest BCUT2D eigenvalue weighted by atomic mass is 10.0. The van der Waals surface area contributed by atoms with Crippen molar-refractivity contribution in [3.63, 3.8) is 0 Å². The van der Waals surface area contributed by atoms with Gasteiger partial charge in [-0.3, -0.25) is 24.0 Å². The molecular formula is C51H55N9O5S. The summed E-state index contributed by atoms with van der Waals surface area (Å²) in [5.41, 5.74) is 11.2. The Morgan fingerprint density at radius 1 is 0.667 bits per heavy atom. The number of aromatic nitrogens is 3. The molecule has 4 heterocycles. The van der Waals surface area contributed by atoms with E-state index in [-0.39, 0.29) is 36.8 Å². The maximum Gasteiger partial charge on any atom is 0.271 e. The average Bonchev–Trinajstić information content (AvgIpc) is 4.16. The minimum atomic E-state index is -1.08. The van der Waals surface area contributed by atoms with Crippen LogP contribution in [0.3, 0.4) is 0 Å². The molecule has 14 nitrogen and oxygen atoms in total. The van der Waals surface area contributed by atoms with Gasteiger partial charge in [0.15, 0.2) is 0 Å². The van der Waals surface area contributed by atoms with Crippen LogP contribution in [0.25, 0.3) is 21.8 Å². The van der Waals surface area contributed by atoms with Crippen molar-refractivity contribution in [3.05, 3.63) is 159 Å². The van der Waals surface area contributed by atoms with Crippen molar-refractivity contribution in [1.29, 1.82) is 0 Å². The number of benzene rings is 4. The van der Waals surface area contributed by atoms with Gasteiger partial charge in [-0.25, -0.2) is 4.98 Å². The zero-order valence-corrected chi connectivity index (χ0v) is 37.8. The number of para-hydroxylation sites is 2. The average molecular weight is 906 g/mol. The van der Waals surface area contributed by atoms with E-state index in [4.69, 9.17) is 10.7 Å². The maximum absolute atomic E-state index is 15.0. The molecule has 340 valence electrons. The first kappa shape index (κ1) is 45.5. The summed E-state index contributed by atoms with van der Waals surface area (Å²) in [4.78, 5) is 82.2. The molecule has 8 rings (SSSR count). The zero-order chi connectivity index (χ0) is 46.2. The summed E-state index contributed by atoms with van der Waals surface area (Å²) in [7, 11) is 0. The molecule has 5 unspecified atom stereocenters. The standard InChI is InChI=1S/C51H55N9O5S/c1-30(2)45-44(50(65)56-40(46(52)61)24-31-14-5-3-6-15-31)60-51(66-45)43(27-34-29-55-38-21-12-10-19-36(34)38)59-48(63)41(25-32-16-7-4-8-17-32)57-49(64)42(58-47(62)39-22-13-23-53-39)26-33-28-54-37-20-11-9-18-35(33)37/h3-12,14-21,28-30,39-43,53-55H,13,22-27H2,1-2H3,(H2,52,61)(H,56,65)(H,57,64)(H,58,62)(H,59,63). The van der Waals surface area contributed by atoms with Crippen molar-refractivity contribution in [2.75, 3.05) is 6.54 Å². The van der Waals surface area contributed by atoms with Crippen LogP contribution in [0, 0.1) is 0 Å². The normalized spacial score (nSPS) is 15.5. The molecule has 1 aliphatic heterocycles. The van der Waals surface area contributed by atoms with E-state index in [9.17, 15) is 24.0 Å². The van der Waals surface area contributed by atoms with Gasteiger partial charge in [0.05, 0.1) is 12.1 Å². The fourth-order valence-corrected chi connectivity index (χ4v) is 9.70. The lowest BCUT2D eigenvalue weighted by Gasteiger charge is -2.26. The van der Waals surface area contributed by atoms with Gasteiger partial charge in [0.1, 0.15) is 28.8 Å². The Labute approximate surface area is 386 Å². The van der Waals surface area contributed by atoms with Crippen LogP contribution in [0.4, 0.5) is 0 Å². The molecule has 4 aromatic carbocycles. The van der Waals surface area contributed by atoms with Gasteiger partial charge in [-0.05, 0) is 59.7 Å². The van der Waals surface area contributed by atoms with Gasteiger partial charge in [0, 0.05) is 64.8 Å². The molecule has 0 bridgehead atoms. The summed E-state index contributed by atoms with van der Waals surface area (Å²) in [5, 5.41) is 17.7. The molecule has 66 heavy (non-hydrogen) atoms. The van der Waals surface area contributed by atoms with Gasteiger partial charge in [0.25, 0.3) is 5.91 Å². The predicted molar refractivity (Wildman–Crippen MR) is 257 cm³/mol. The van der Waals surface area contributed by atoms with Crippen molar-refractivity contribution in [1.82, 2.24) is 41.5 Å². The number of primary amides is 1. The number of amides is 5. The summed E-state index contributed by atoms with van der Waals surface area (Å²) in [6.07, 6.45) is 6.07. The van der Waals surface area contributed by atoms with E-state index >= 15 is 0 Å². The van der Waals surface area contributed by atoms with Crippen molar-refractivity contribution < 1.29 is 24.0 Å². The molecule has 0 saturated carbocycles. The van der Waals surface area contributed by atoms with Crippen molar-refractivity contribution >= 4 is 62.7 Å². The van der Waals surface area contributed by atoms with Crippen molar-refractivity contribution in [3.8, 4) is 0 Å². The minimum absolute atomic E-state index is 0.142. The van der Waals surface area contributed by atoms with E-state index in [1.54, 1.807) is 0 Å². The second-order valence-electron chi connectivity index (χ2n) is 17.2. The molecule has 0 spiro atoms. The van der Waals surface area contributed by atoms with Crippen LogP contribution in [0.2, 0.25) is 0 Å². The van der Waals surface area contributed by atoms with E-state index in [2.05, 4.69) is 36.6 Å². The highest BCUT2D eigenvalue weighted by molar-refractivity contribution is 7.12. The van der Waals surface area contributed by atoms with E-state index in [0.717, 1.165) is 50.5 Å². The maximum atomic E-state index is 15.0. The van der Waals surface area contributed by atoms with E-state index < -0.39 is 53.8 Å². The fraction of sp³-hybridized carbons (Fsp3) is 0.294. The molecule has 0 aliphatic carbocycles. The SMILES string of the molecule is CC(C)c1sc(C(Cc2c[nH]c3ccccc23)NC(=O)C(Cc2ccccc2)NC(=O)C(Cc2c[nH]c3ccccc23)NC(=O)C2CCCN2)nc1C(=O)NC(Cc1ccccc1)C(N)=O. The number of H-pyrrole nitrogens is 2. The second kappa shape index (κ2) is 20.8. The topological polar surface area (TPSA) is 216 Å². The third-order valence-electron chi connectivity index (χ3n) is 12.1. The molecular weight excluding hydrogens is 851 g/mol. The molecule has 0 radical (unpaired) electrons. The largest absolute Gasteiger partial charge is 0.368 e. The first-order chi connectivity index (χ1) is 32.0. The Balaban J connectivity index is 1.11. The number of nitrogens with two attached hydrogens (primary N) is 1. The number of hydrogen-bond donors (Lipinski definition) is 8. The number of nitrogens with zero attached hydrogens (tertiary/aromatic N) is 1. The Morgan fingerprint density at radius 2 is 1.21 bits per heavy atom. The lowest BCUT2D eigenvalue weighted by Crippen LogP contribution is -2.57. The summed E-state index contributed by atoms with van der Waals surface area (Å²) >= 11 is 1.31. The van der Waals surface area contributed by atoms with Crippen LogP contribution >= 0.6 is 11.3 Å². The number of carbonyl (C=O) groups excluding carboxylic acids is 5. The predicted octanol–water partition coefficient (Wildman–Crippen LogP) is 5.66. The molecule has 5 amide bonds. The van der Waals surface area contributed by atoms with Crippen LogP contribution in [0.15, 0.2) is 122 Å². The summed E-state index contributed by atoms with van der Waals surface area (Å²) < 4.78 is 0. The third-order valence-corrected chi connectivity index (χ3v) is 13.5. The Morgan fingerprint density at radius 3 is 1.79 bits per heavy atom. The highest BCUT2D eigenvalue weighted by atomic mass is 32.1. The lowest BCUT2D eigenvalue weighted by molar-refractivity contribution is -0.132. The number of hydrogen-bond acceptors (Lipinski definition) is 8.